The van der Waals surface area contributed by atoms with Crippen molar-refractivity contribution in [1.29, 1.82) is 0 Å². The van der Waals surface area contributed by atoms with Crippen molar-refractivity contribution < 1.29 is 4.74 Å². The van der Waals surface area contributed by atoms with Gasteiger partial charge < -0.3 is 10.1 Å². The molecule has 0 saturated carbocycles. The lowest BCUT2D eigenvalue weighted by molar-refractivity contribution is 0.0606. The minimum Gasteiger partial charge on any atom is -0.379 e. The van der Waals surface area contributed by atoms with Gasteiger partial charge in [0.05, 0.1) is 12.1 Å². The first-order valence-corrected chi connectivity index (χ1v) is 7.60. The average molecular weight is 304 g/mol. The summed E-state index contributed by atoms with van der Waals surface area (Å²) in [5.41, 5.74) is 1.02. The average Bonchev–Trinajstić information content (AvgIpc) is 2.41. The number of rotatable bonds is 8. The van der Waals surface area contributed by atoms with E-state index in [4.69, 9.17) is 27.9 Å². The molecule has 0 heterocycles. The molecule has 0 fully saturated rings. The summed E-state index contributed by atoms with van der Waals surface area (Å²) >= 11 is 12.4. The molecule has 0 saturated heterocycles. The standard InChI is InChI=1S/C15H23Cl2NO/c1-4-6-14(19-3)15(18-9-5-2)12-10-11(16)7-8-13(12)17/h7-8,10,14-15,18H,4-6,9H2,1-3H3. The van der Waals surface area contributed by atoms with Gasteiger partial charge in [-0.15, -0.1) is 0 Å². The molecule has 0 radical (unpaired) electrons. The number of methoxy groups -OCH3 is 1. The zero-order valence-electron chi connectivity index (χ0n) is 11.9. The quantitative estimate of drug-likeness (QED) is 0.741. The largest absolute Gasteiger partial charge is 0.379 e. The van der Waals surface area contributed by atoms with Crippen molar-refractivity contribution in [3.63, 3.8) is 0 Å². The number of ether oxygens (including phenoxy) is 1. The third-order valence-electron chi connectivity index (χ3n) is 3.16. The molecule has 0 aromatic heterocycles. The Labute approximate surface area is 126 Å². The normalized spacial score (nSPS) is 14.4. The molecule has 19 heavy (non-hydrogen) atoms. The van der Waals surface area contributed by atoms with E-state index >= 15 is 0 Å². The summed E-state index contributed by atoms with van der Waals surface area (Å²) in [4.78, 5) is 0. The Morgan fingerprint density at radius 3 is 2.53 bits per heavy atom. The lowest BCUT2D eigenvalue weighted by Crippen LogP contribution is -2.34. The van der Waals surface area contributed by atoms with E-state index in [-0.39, 0.29) is 12.1 Å². The number of hydrogen-bond donors (Lipinski definition) is 1. The van der Waals surface area contributed by atoms with Gasteiger partial charge in [-0.1, -0.05) is 43.5 Å². The van der Waals surface area contributed by atoms with Gasteiger partial charge in [-0.05, 0) is 43.1 Å². The van der Waals surface area contributed by atoms with Crippen molar-refractivity contribution in [2.75, 3.05) is 13.7 Å². The highest BCUT2D eigenvalue weighted by atomic mass is 35.5. The molecule has 108 valence electrons. The van der Waals surface area contributed by atoms with Crippen molar-refractivity contribution in [1.82, 2.24) is 5.32 Å². The van der Waals surface area contributed by atoms with E-state index in [9.17, 15) is 0 Å². The van der Waals surface area contributed by atoms with Gasteiger partial charge in [0.25, 0.3) is 0 Å². The van der Waals surface area contributed by atoms with Crippen molar-refractivity contribution in [3.8, 4) is 0 Å². The molecule has 0 amide bonds. The predicted octanol–water partition coefficient (Wildman–Crippen LogP) is 4.85. The summed E-state index contributed by atoms with van der Waals surface area (Å²) in [5.74, 6) is 0. The number of hydrogen-bond acceptors (Lipinski definition) is 2. The van der Waals surface area contributed by atoms with E-state index in [2.05, 4.69) is 19.2 Å². The van der Waals surface area contributed by atoms with E-state index in [0.29, 0.717) is 5.02 Å². The predicted molar refractivity (Wildman–Crippen MR) is 83.2 cm³/mol. The SMILES string of the molecule is CCCNC(c1cc(Cl)ccc1Cl)C(CCC)OC. The fourth-order valence-corrected chi connectivity index (χ4v) is 2.62. The number of halogens is 2. The van der Waals surface area contributed by atoms with Crippen LogP contribution in [0.2, 0.25) is 10.0 Å². The van der Waals surface area contributed by atoms with Gasteiger partial charge in [0.2, 0.25) is 0 Å². The Kier molecular flexibility index (Phi) is 7.77. The Morgan fingerprint density at radius 2 is 1.95 bits per heavy atom. The first kappa shape index (κ1) is 16.8. The maximum atomic E-state index is 6.32. The van der Waals surface area contributed by atoms with Crippen molar-refractivity contribution in [2.24, 2.45) is 0 Å². The van der Waals surface area contributed by atoms with Crippen LogP contribution in [-0.2, 0) is 4.74 Å². The third-order valence-corrected chi connectivity index (χ3v) is 3.73. The maximum absolute atomic E-state index is 6.32. The first-order chi connectivity index (χ1) is 9.13. The Hall–Kier alpha value is -0.280. The molecule has 4 heteroatoms. The van der Waals surface area contributed by atoms with Gasteiger partial charge in [0, 0.05) is 17.2 Å². The molecule has 0 spiro atoms. The van der Waals surface area contributed by atoms with Crippen molar-refractivity contribution in [3.05, 3.63) is 33.8 Å². The Balaban J connectivity index is 3.03. The molecular weight excluding hydrogens is 281 g/mol. The van der Waals surface area contributed by atoms with Crippen LogP contribution in [-0.4, -0.2) is 19.8 Å². The minimum absolute atomic E-state index is 0.0797. The third kappa shape index (κ3) is 4.96. The number of benzene rings is 1. The second-order valence-electron chi connectivity index (χ2n) is 4.66. The van der Waals surface area contributed by atoms with Crippen LogP contribution in [0.4, 0.5) is 0 Å². The highest BCUT2D eigenvalue weighted by Gasteiger charge is 2.24. The van der Waals surface area contributed by atoms with E-state index in [1.165, 1.54) is 0 Å². The fourth-order valence-electron chi connectivity index (χ4n) is 2.20. The molecule has 1 aromatic carbocycles. The molecular formula is C15H23Cl2NO. The summed E-state index contributed by atoms with van der Waals surface area (Å²) in [7, 11) is 1.75. The Bertz CT molecular complexity index is 384. The van der Waals surface area contributed by atoms with Crippen LogP contribution in [0, 0.1) is 0 Å². The molecule has 1 rings (SSSR count). The van der Waals surface area contributed by atoms with Crippen LogP contribution in [0.3, 0.4) is 0 Å². The summed E-state index contributed by atoms with van der Waals surface area (Å²) in [6, 6.07) is 5.67. The molecule has 2 unspecified atom stereocenters. The molecule has 0 aliphatic heterocycles. The molecule has 0 bridgehead atoms. The van der Waals surface area contributed by atoms with Gasteiger partial charge in [-0.2, -0.15) is 0 Å². The maximum Gasteiger partial charge on any atom is 0.0766 e. The second kappa shape index (κ2) is 8.80. The molecule has 2 nitrogen and oxygen atoms in total. The van der Waals surface area contributed by atoms with Crippen LogP contribution in [0.25, 0.3) is 0 Å². The van der Waals surface area contributed by atoms with Gasteiger partial charge in [0.15, 0.2) is 0 Å². The van der Waals surface area contributed by atoms with Crippen LogP contribution in [0.15, 0.2) is 18.2 Å². The lowest BCUT2D eigenvalue weighted by atomic mass is 9.97. The van der Waals surface area contributed by atoms with Crippen LogP contribution < -0.4 is 5.32 Å². The fraction of sp³-hybridized carbons (Fsp3) is 0.600. The van der Waals surface area contributed by atoms with E-state index < -0.39 is 0 Å². The lowest BCUT2D eigenvalue weighted by Gasteiger charge is -2.28. The summed E-state index contributed by atoms with van der Waals surface area (Å²) in [6.07, 6.45) is 3.23. The monoisotopic (exact) mass is 303 g/mol. The van der Waals surface area contributed by atoms with Crippen LogP contribution in [0.5, 0.6) is 0 Å². The highest BCUT2D eigenvalue weighted by molar-refractivity contribution is 6.33. The van der Waals surface area contributed by atoms with Gasteiger partial charge in [-0.3, -0.25) is 0 Å². The summed E-state index contributed by atoms with van der Waals surface area (Å²) in [6.45, 7) is 5.23. The minimum atomic E-state index is 0.0797. The zero-order valence-corrected chi connectivity index (χ0v) is 13.4. The van der Waals surface area contributed by atoms with E-state index in [1.54, 1.807) is 7.11 Å². The van der Waals surface area contributed by atoms with Crippen LogP contribution in [0.1, 0.15) is 44.7 Å². The summed E-state index contributed by atoms with van der Waals surface area (Å²) in [5, 5.41) is 4.96. The van der Waals surface area contributed by atoms with E-state index in [0.717, 1.165) is 36.4 Å². The van der Waals surface area contributed by atoms with Crippen LogP contribution >= 0.6 is 23.2 Å². The molecule has 0 aliphatic rings. The van der Waals surface area contributed by atoms with Gasteiger partial charge in [0.1, 0.15) is 0 Å². The van der Waals surface area contributed by atoms with Gasteiger partial charge in [-0.25, -0.2) is 0 Å². The molecule has 2 atom stereocenters. The highest BCUT2D eigenvalue weighted by Crippen LogP contribution is 2.30. The topological polar surface area (TPSA) is 21.3 Å². The van der Waals surface area contributed by atoms with Gasteiger partial charge >= 0.3 is 0 Å². The molecule has 0 aliphatic carbocycles. The smallest absolute Gasteiger partial charge is 0.0766 e. The molecule has 1 N–H and O–H groups in total. The number of nitrogens with one attached hydrogen (secondary N) is 1. The van der Waals surface area contributed by atoms with E-state index in [1.807, 2.05) is 18.2 Å². The molecule has 1 aromatic rings. The first-order valence-electron chi connectivity index (χ1n) is 6.85. The Morgan fingerprint density at radius 1 is 1.21 bits per heavy atom. The second-order valence-corrected chi connectivity index (χ2v) is 5.50. The van der Waals surface area contributed by atoms with Crippen molar-refractivity contribution >= 4 is 23.2 Å². The zero-order chi connectivity index (χ0) is 14.3. The van der Waals surface area contributed by atoms with Crippen molar-refractivity contribution in [2.45, 2.75) is 45.3 Å². The summed E-state index contributed by atoms with van der Waals surface area (Å²) < 4.78 is 5.63.